The van der Waals surface area contributed by atoms with Gasteiger partial charge in [-0.15, -0.1) is 11.3 Å². The van der Waals surface area contributed by atoms with Crippen LogP contribution in [0.1, 0.15) is 22.2 Å². The van der Waals surface area contributed by atoms with Gasteiger partial charge in [-0.25, -0.2) is 9.18 Å². The normalized spacial score (nSPS) is 10.5. The number of anilines is 2. The van der Waals surface area contributed by atoms with Crippen LogP contribution in [-0.2, 0) is 6.54 Å². The van der Waals surface area contributed by atoms with Crippen LogP contribution in [0.25, 0.3) is 0 Å². The lowest BCUT2D eigenvalue weighted by Gasteiger charge is -2.23. The van der Waals surface area contributed by atoms with Crippen LogP contribution >= 0.6 is 11.3 Å². The van der Waals surface area contributed by atoms with Crippen molar-refractivity contribution in [2.45, 2.75) is 13.5 Å². The van der Waals surface area contributed by atoms with Crippen molar-refractivity contribution >= 4 is 28.7 Å². The molecule has 1 heterocycles. The summed E-state index contributed by atoms with van der Waals surface area (Å²) in [5, 5.41) is 11.0. The van der Waals surface area contributed by atoms with Crippen LogP contribution < -0.4 is 10.6 Å². The largest absolute Gasteiger partial charge is 0.478 e. The fraction of sp³-hybridized carbons (Fsp3) is 0.214. The van der Waals surface area contributed by atoms with Gasteiger partial charge in [0.1, 0.15) is 5.82 Å². The summed E-state index contributed by atoms with van der Waals surface area (Å²) in [6, 6.07) is 6.25. The van der Waals surface area contributed by atoms with E-state index in [4.69, 9.17) is 10.8 Å². The summed E-state index contributed by atoms with van der Waals surface area (Å²) in [6.07, 6.45) is 0. The van der Waals surface area contributed by atoms with E-state index in [1.807, 2.05) is 24.4 Å². The Kier molecular flexibility index (Phi) is 4.24. The predicted molar refractivity (Wildman–Crippen MR) is 78.8 cm³/mol. The van der Waals surface area contributed by atoms with Gasteiger partial charge < -0.3 is 15.7 Å². The average molecular weight is 294 g/mol. The van der Waals surface area contributed by atoms with Crippen LogP contribution in [0.4, 0.5) is 15.8 Å². The van der Waals surface area contributed by atoms with Gasteiger partial charge in [-0.05, 0) is 30.5 Å². The topological polar surface area (TPSA) is 66.6 Å². The molecule has 0 radical (unpaired) electrons. The van der Waals surface area contributed by atoms with Gasteiger partial charge >= 0.3 is 5.97 Å². The second kappa shape index (κ2) is 5.92. The number of aromatic carboxylic acids is 1. The van der Waals surface area contributed by atoms with Crippen LogP contribution in [0.3, 0.4) is 0 Å². The quantitative estimate of drug-likeness (QED) is 0.831. The first kappa shape index (κ1) is 14.3. The molecule has 1 aromatic heterocycles. The first-order chi connectivity index (χ1) is 9.52. The zero-order valence-corrected chi connectivity index (χ0v) is 11.8. The smallest absolute Gasteiger partial charge is 0.337 e. The zero-order chi connectivity index (χ0) is 14.7. The van der Waals surface area contributed by atoms with E-state index in [1.54, 1.807) is 16.2 Å². The summed E-state index contributed by atoms with van der Waals surface area (Å²) in [4.78, 5) is 14.0. The molecule has 4 nitrogen and oxygen atoms in total. The number of carbonyl (C=O) groups is 1. The highest BCUT2D eigenvalue weighted by molar-refractivity contribution is 7.09. The molecule has 0 spiro atoms. The van der Waals surface area contributed by atoms with Gasteiger partial charge in [0.05, 0.1) is 17.8 Å². The standard InChI is InChI=1S/C14H15FN2O2S/c1-2-17(8-9-4-3-5-20-9)13-6-10(14(18)19)12(16)7-11(13)15/h3-7H,2,8,16H2,1H3,(H,18,19). The molecular weight excluding hydrogens is 279 g/mol. The van der Waals surface area contributed by atoms with E-state index in [9.17, 15) is 9.18 Å². The Morgan fingerprint density at radius 2 is 2.25 bits per heavy atom. The summed E-state index contributed by atoms with van der Waals surface area (Å²) in [5.41, 5.74) is 5.65. The number of benzene rings is 1. The highest BCUT2D eigenvalue weighted by atomic mass is 32.1. The SMILES string of the molecule is CCN(Cc1cccs1)c1cc(C(=O)O)c(N)cc1F. The third kappa shape index (κ3) is 2.91. The molecular formula is C14H15FN2O2S. The van der Waals surface area contributed by atoms with Gasteiger partial charge in [-0.2, -0.15) is 0 Å². The van der Waals surface area contributed by atoms with Crippen molar-refractivity contribution in [1.82, 2.24) is 0 Å². The maximum atomic E-state index is 14.0. The molecule has 106 valence electrons. The number of thiophene rings is 1. The lowest BCUT2D eigenvalue weighted by molar-refractivity contribution is 0.0698. The van der Waals surface area contributed by atoms with Gasteiger partial charge in [0.15, 0.2) is 0 Å². The minimum absolute atomic E-state index is 0.0640. The molecule has 0 amide bonds. The molecule has 0 unspecified atom stereocenters. The maximum absolute atomic E-state index is 14.0. The number of nitrogens with two attached hydrogens (primary N) is 1. The van der Waals surface area contributed by atoms with Crippen molar-refractivity contribution < 1.29 is 14.3 Å². The third-order valence-electron chi connectivity index (χ3n) is 3.00. The van der Waals surface area contributed by atoms with Gasteiger partial charge in [0.25, 0.3) is 0 Å². The Hall–Kier alpha value is -2.08. The Balaban J connectivity index is 2.38. The number of rotatable bonds is 5. The predicted octanol–water partition coefficient (Wildman–Crippen LogP) is 3.19. The molecule has 2 rings (SSSR count). The molecule has 3 N–H and O–H groups in total. The number of carboxylic acid groups (broad SMARTS) is 1. The Morgan fingerprint density at radius 3 is 2.80 bits per heavy atom. The van der Waals surface area contributed by atoms with E-state index in [0.29, 0.717) is 13.1 Å². The van der Waals surface area contributed by atoms with Crippen molar-refractivity contribution in [1.29, 1.82) is 0 Å². The van der Waals surface area contributed by atoms with E-state index < -0.39 is 11.8 Å². The van der Waals surface area contributed by atoms with Gasteiger partial charge in [-0.3, -0.25) is 0 Å². The molecule has 0 saturated carbocycles. The molecule has 0 fully saturated rings. The van der Waals surface area contributed by atoms with Gasteiger partial charge in [0, 0.05) is 17.1 Å². The minimum atomic E-state index is -1.16. The summed E-state index contributed by atoms with van der Waals surface area (Å²) in [7, 11) is 0. The number of halogens is 1. The second-order valence-corrected chi connectivity index (χ2v) is 5.32. The lowest BCUT2D eigenvalue weighted by atomic mass is 10.1. The fourth-order valence-corrected chi connectivity index (χ4v) is 2.68. The van der Waals surface area contributed by atoms with Crippen LogP contribution in [0.15, 0.2) is 29.6 Å². The highest BCUT2D eigenvalue weighted by Gasteiger charge is 2.17. The molecule has 0 aliphatic carbocycles. The third-order valence-corrected chi connectivity index (χ3v) is 3.86. The molecule has 20 heavy (non-hydrogen) atoms. The molecule has 2 aromatic rings. The zero-order valence-electron chi connectivity index (χ0n) is 11.0. The highest BCUT2D eigenvalue weighted by Crippen LogP contribution is 2.27. The first-order valence-electron chi connectivity index (χ1n) is 6.12. The summed E-state index contributed by atoms with van der Waals surface area (Å²) in [6.45, 7) is 3.00. The summed E-state index contributed by atoms with van der Waals surface area (Å²) >= 11 is 1.58. The minimum Gasteiger partial charge on any atom is -0.478 e. The van der Waals surface area contributed by atoms with Crippen LogP contribution in [0, 0.1) is 5.82 Å². The maximum Gasteiger partial charge on any atom is 0.337 e. The van der Waals surface area contributed by atoms with E-state index in [2.05, 4.69) is 0 Å². The number of carboxylic acids is 1. The lowest BCUT2D eigenvalue weighted by Crippen LogP contribution is -2.23. The van der Waals surface area contributed by atoms with Crippen molar-refractivity contribution in [3.05, 3.63) is 45.9 Å². The van der Waals surface area contributed by atoms with Crippen molar-refractivity contribution in [3.63, 3.8) is 0 Å². The van der Waals surface area contributed by atoms with Crippen LogP contribution in [0.5, 0.6) is 0 Å². The number of hydrogen-bond donors (Lipinski definition) is 2. The molecule has 0 bridgehead atoms. The number of nitrogen functional groups attached to an aromatic ring is 1. The van der Waals surface area contributed by atoms with Crippen molar-refractivity contribution in [2.75, 3.05) is 17.2 Å². The van der Waals surface area contributed by atoms with Crippen LogP contribution in [0.2, 0.25) is 0 Å². The van der Waals surface area contributed by atoms with Crippen molar-refractivity contribution in [3.8, 4) is 0 Å². The number of nitrogens with zero attached hydrogens (tertiary/aromatic N) is 1. The Morgan fingerprint density at radius 1 is 1.50 bits per heavy atom. The monoisotopic (exact) mass is 294 g/mol. The average Bonchev–Trinajstić information content (AvgIpc) is 2.89. The first-order valence-corrected chi connectivity index (χ1v) is 7.00. The summed E-state index contributed by atoms with van der Waals surface area (Å²) in [5.74, 6) is -1.66. The van der Waals surface area contributed by atoms with E-state index in [-0.39, 0.29) is 16.9 Å². The molecule has 6 heteroatoms. The molecule has 0 saturated heterocycles. The fourth-order valence-electron chi connectivity index (χ4n) is 1.96. The van der Waals surface area contributed by atoms with E-state index in [1.165, 1.54) is 6.07 Å². The van der Waals surface area contributed by atoms with E-state index in [0.717, 1.165) is 10.9 Å². The molecule has 0 atom stereocenters. The van der Waals surface area contributed by atoms with Gasteiger partial charge in [-0.1, -0.05) is 6.07 Å². The molecule has 0 aliphatic heterocycles. The van der Waals surface area contributed by atoms with Crippen molar-refractivity contribution in [2.24, 2.45) is 0 Å². The molecule has 0 aliphatic rings. The van der Waals surface area contributed by atoms with E-state index >= 15 is 0 Å². The van der Waals surface area contributed by atoms with Gasteiger partial charge in [0.2, 0.25) is 0 Å². The molecule has 1 aromatic carbocycles. The second-order valence-electron chi connectivity index (χ2n) is 4.29. The van der Waals surface area contributed by atoms with Crippen LogP contribution in [-0.4, -0.2) is 17.6 Å². The Bertz CT molecular complexity index is 614. The Labute approximate surface area is 120 Å². The summed E-state index contributed by atoms with van der Waals surface area (Å²) < 4.78 is 14.0. The number of hydrogen-bond acceptors (Lipinski definition) is 4.